The van der Waals surface area contributed by atoms with E-state index in [0.29, 0.717) is 6.29 Å². The summed E-state index contributed by atoms with van der Waals surface area (Å²) in [6.45, 7) is -0.00966. The van der Waals surface area contributed by atoms with Gasteiger partial charge in [-0.05, 0) is 11.6 Å². The molecule has 1 rings (SSSR count). The molecule has 0 saturated heterocycles. The largest absolute Gasteiger partial charge is 0.361 e. The summed E-state index contributed by atoms with van der Waals surface area (Å²) in [4.78, 5) is 16.8. The fourth-order valence-corrected chi connectivity index (χ4v) is 0.741. The van der Waals surface area contributed by atoms with Crippen molar-refractivity contribution in [1.82, 2.24) is 9.97 Å². The molecule has 6 heteroatoms. The van der Waals surface area contributed by atoms with Gasteiger partial charge in [-0.25, -0.2) is 9.37 Å². The third kappa shape index (κ3) is 2.13. The lowest BCUT2D eigenvalue weighted by Gasteiger charge is -2.01. The van der Waals surface area contributed by atoms with E-state index in [-0.39, 0.29) is 17.6 Å². The maximum atomic E-state index is 12.7. The van der Waals surface area contributed by atoms with Gasteiger partial charge in [0.25, 0.3) is 0 Å². The molecule has 1 aromatic heterocycles. The van der Waals surface area contributed by atoms with Crippen molar-refractivity contribution < 1.29 is 9.18 Å². The van der Waals surface area contributed by atoms with Crippen LogP contribution in [0.25, 0.3) is 0 Å². The van der Waals surface area contributed by atoms with E-state index in [4.69, 9.17) is 11.6 Å². The van der Waals surface area contributed by atoms with Gasteiger partial charge in [0.1, 0.15) is 6.29 Å². The SMILES string of the molecule is O=CCNc1nc(Cl)ncc1F. The summed E-state index contributed by atoms with van der Waals surface area (Å²) in [6.07, 6.45) is 1.53. The molecule has 0 fully saturated rings. The van der Waals surface area contributed by atoms with Gasteiger partial charge in [-0.1, -0.05) is 0 Å². The average Bonchev–Trinajstić information content (AvgIpc) is 2.07. The molecule has 0 atom stereocenters. The first kappa shape index (κ1) is 8.86. The second-order valence-electron chi connectivity index (χ2n) is 1.88. The minimum Gasteiger partial charge on any atom is -0.361 e. The number of aldehydes is 1. The van der Waals surface area contributed by atoms with Crippen LogP contribution in [-0.4, -0.2) is 22.8 Å². The number of anilines is 1. The van der Waals surface area contributed by atoms with Crippen LogP contribution in [-0.2, 0) is 4.79 Å². The maximum absolute atomic E-state index is 12.7. The summed E-state index contributed by atoms with van der Waals surface area (Å²) in [5, 5.41) is 2.36. The Balaban J connectivity index is 2.82. The second-order valence-corrected chi connectivity index (χ2v) is 2.22. The van der Waals surface area contributed by atoms with E-state index >= 15 is 0 Å². The molecular formula is C6H5ClFN3O. The number of halogens is 2. The minimum atomic E-state index is -0.638. The molecule has 0 radical (unpaired) electrons. The Kier molecular flexibility index (Phi) is 2.93. The first-order valence-corrected chi connectivity index (χ1v) is 3.47. The normalized spacial score (nSPS) is 9.50. The summed E-state index contributed by atoms with van der Waals surface area (Å²) >= 11 is 5.38. The number of nitrogens with zero attached hydrogens (tertiary/aromatic N) is 2. The molecule has 0 spiro atoms. The Labute approximate surface area is 72.8 Å². The van der Waals surface area contributed by atoms with Crippen LogP contribution in [0.3, 0.4) is 0 Å². The Morgan fingerprint density at radius 1 is 1.75 bits per heavy atom. The standard InChI is InChI=1S/C6H5ClFN3O/c7-6-10-3-4(8)5(11-6)9-1-2-12/h2-3H,1H2,(H,9,10,11). The van der Waals surface area contributed by atoms with E-state index in [1.54, 1.807) is 0 Å². The highest BCUT2D eigenvalue weighted by molar-refractivity contribution is 6.28. The molecule has 0 unspecified atom stereocenters. The number of carbonyl (C=O) groups excluding carboxylic acids is 1. The Morgan fingerprint density at radius 3 is 3.17 bits per heavy atom. The van der Waals surface area contributed by atoms with Gasteiger partial charge in [0.05, 0.1) is 12.7 Å². The zero-order valence-electron chi connectivity index (χ0n) is 5.92. The van der Waals surface area contributed by atoms with Crippen molar-refractivity contribution in [3.05, 3.63) is 17.3 Å². The topological polar surface area (TPSA) is 54.9 Å². The summed E-state index contributed by atoms with van der Waals surface area (Å²) in [6, 6.07) is 0. The molecule has 0 aliphatic heterocycles. The van der Waals surface area contributed by atoms with E-state index < -0.39 is 5.82 Å². The van der Waals surface area contributed by atoms with Crippen LogP contribution >= 0.6 is 11.6 Å². The molecule has 1 N–H and O–H groups in total. The molecule has 1 heterocycles. The molecule has 0 amide bonds. The van der Waals surface area contributed by atoms with Crippen LogP contribution in [0.1, 0.15) is 0 Å². The zero-order chi connectivity index (χ0) is 8.97. The maximum Gasteiger partial charge on any atom is 0.224 e. The van der Waals surface area contributed by atoms with Gasteiger partial charge >= 0.3 is 0 Å². The molecule has 0 aromatic carbocycles. The van der Waals surface area contributed by atoms with Gasteiger partial charge in [0.2, 0.25) is 5.28 Å². The smallest absolute Gasteiger partial charge is 0.224 e. The van der Waals surface area contributed by atoms with Gasteiger partial charge in [0, 0.05) is 0 Å². The van der Waals surface area contributed by atoms with E-state index in [1.165, 1.54) is 0 Å². The number of rotatable bonds is 3. The second kappa shape index (κ2) is 3.96. The number of nitrogens with one attached hydrogen (secondary N) is 1. The van der Waals surface area contributed by atoms with Crippen LogP contribution in [0.15, 0.2) is 6.20 Å². The first-order chi connectivity index (χ1) is 5.74. The number of hydrogen-bond acceptors (Lipinski definition) is 4. The Bertz CT molecular complexity index is 294. The van der Waals surface area contributed by atoms with Crippen LogP contribution < -0.4 is 5.32 Å². The van der Waals surface area contributed by atoms with Crippen LogP contribution in [0.4, 0.5) is 10.2 Å². The van der Waals surface area contributed by atoms with Gasteiger partial charge in [0.15, 0.2) is 11.6 Å². The van der Waals surface area contributed by atoms with Crippen LogP contribution in [0.2, 0.25) is 5.28 Å². The average molecular weight is 190 g/mol. The molecule has 12 heavy (non-hydrogen) atoms. The van der Waals surface area contributed by atoms with E-state index in [9.17, 15) is 9.18 Å². The van der Waals surface area contributed by atoms with Gasteiger partial charge in [-0.3, -0.25) is 0 Å². The molecule has 1 aromatic rings. The molecular weight excluding hydrogens is 185 g/mol. The lowest BCUT2D eigenvalue weighted by Crippen LogP contribution is -2.06. The van der Waals surface area contributed by atoms with Crippen molar-refractivity contribution in [3.63, 3.8) is 0 Å². The predicted octanol–water partition coefficient (Wildman–Crippen LogP) is 0.880. The van der Waals surface area contributed by atoms with Crippen LogP contribution in [0.5, 0.6) is 0 Å². The number of aromatic nitrogens is 2. The summed E-state index contributed by atoms with van der Waals surface area (Å²) in [5.41, 5.74) is 0. The van der Waals surface area contributed by atoms with E-state index in [2.05, 4.69) is 15.3 Å². The third-order valence-corrected chi connectivity index (χ3v) is 1.25. The van der Waals surface area contributed by atoms with Crippen molar-refractivity contribution in [2.45, 2.75) is 0 Å². The third-order valence-electron chi connectivity index (χ3n) is 1.07. The number of carbonyl (C=O) groups is 1. The van der Waals surface area contributed by atoms with Gasteiger partial charge in [-0.15, -0.1) is 0 Å². The minimum absolute atomic E-state index is 0.00966. The Hall–Kier alpha value is -1.23. The van der Waals surface area contributed by atoms with Crippen molar-refractivity contribution in [3.8, 4) is 0 Å². The highest BCUT2D eigenvalue weighted by Gasteiger charge is 2.03. The summed E-state index contributed by atoms with van der Waals surface area (Å²) in [7, 11) is 0. The monoisotopic (exact) mass is 189 g/mol. The molecule has 0 aliphatic carbocycles. The van der Waals surface area contributed by atoms with Crippen molar-refractivity contribution in [2.24, 2.45) is 0 Å². The highest BCUT2D eigenvalue weighted by atomic mass is 35.5. The van der Waals surface area contributed by atoms with Crippen molar-refractivity contribution in [2.75, 3.05) is 11.9 Å². The van der Waals surface area contributed by atoms with Crippen molar-refractivity contribution in [1.29, 1.82) is 0 Å². The highest BCUT2D eigenvalue weighted by Crippen LogP contribution is 2.10. The molecule has 64 valence electrons. The first-order valence-electron chi connectivity index (χ1n) is 3.09. The Morgan fingerprint density at radius 2 is 2.50 bits per heavy atom. The fourth-order valence-electron chi connectivity index (χ4n) is 0.608. The quantitative estimate of drug-likeness (QED) is 0.567. The molecule has 0 saturated carbocycles. The predicted molar refractivity (Wildman–Crippen MR) is 41.6 cm³/mol. The molecule has 0 aliphatic rings. The molecule has 4 nitrogen and oxygen atoms in total. The van der Waals surface area contributed by atoms with Crippen molar-refractivity contribution >= 4 is 23.7 Å². The lowest BCUT2D eigenvalue weighted by atomic mass is 10.5. The van der Waals surface area contributed by atoms with Gasteiger partial charge < -0.3 is 10.1 Å². The number of hydrogen-bond donors (Lipinski definition) is 1. The lowest BCUT2D eigenvalue weighted by molar-refractivity contribution is -0.106. The summed E-state index contributed by atoms with van der Waals surface area (Å²) < 4.78 is 12.7. The van der Waals surface area contributed by atoms with E-state index in [1.807, 2.05) is 0 Å². The fraction of sp³-hybridized carbons (Fsp3) is 0.167. The zero-order valence-corrected chi connectivity index (χ0v) is 6.68. The van der Waals surface area contributed by atoms with Gasteiger partial charge in [-0.2, -0.15) is 4.98 Å². The van der Waals surface area contributed by atoms with E-state index in [0.717, 1.165) is 6.20 Å². The molecule has 0 bridgehead atoms. The van der Waals surface area contributed by atoms with Crippen LogP contribution in [0, 0.1) is 5.82 Å². The summed E-state index contributed by atoms with van der Waals surface area (Å²) in [5.74, 6) is -0.705.